The van der Waals surface area contributed by atoms with Crippen molar-refractivity contribution in [3.63, 3.8) is 0 Å². The second-order valence-corrected chi connectivity index (χ2v) is 3.06. The van der Waals surface area contributed by atoms with Crippen LogP contribution in [0.4, 0.5) is 10.7 Å². The van der Waals surface area contributed by atoms with Crippen molar-refractivity contribution in [2.24, 2.45) is 0 Å². The van der Waals surface area contributed by atoms with Gasteiger partial charge < -0.3 is 5.32 Å². The summed E-state index contributed by atoms with van der Waals surface area (Å²) < 4.78 is 0. The van der Waals surface area contributed by atoms with Gasteiger partial charge in [-0.2, -0.15) is 10.1 Å². The van der Waals surface area contributed by atoms with Gasteiger partial charge in [0.2, 0.25) is 5.95 Å². The highest BCUT2D eigenvalue weighted by molar-refractivity contribution is 5.87. The minimum atomic E-state index is -0.221. The molecule has 6 heteroatoms. The molecule has 1 saturated carbocycles. The molecule has 1 fully saturated rings. The van der Waals surface area contributed by atoms with E-state index in [-0.39, 0.29) is 6.03 Å². The van der Waals surface area contributed by atoms with Crippen molar-refractivity contribution in [2.75, 3.05) is 5.32 Å². The van der Waals surface area contributed by atoms with E-state index in [1.54, 1.807) is 0 Å². The average Bonchev–Trinajstić information content (AvgIpc) is 2.49. The van der Waals surface area contributed by atoms with Gasteiger partial charge >= 0.3 is 6.03 Å². The van der Waals surface area contributed by atoms with E-state index in [1.807, 2.05) is 0 Å². The number of anilines is 1. The van der Waals surface area contributed by atoms with Crippen LogP contribution in [0.5, 0.6) is 0 Å². The number of hydrogen-bond donors (Lipinski definition) is 3. The Morgan fingerprint density at radius 3 is 3.00 bits per heavy atom. The molecule has 0 atom stereocenters. The number of rotatable bonds is 2. The predicted molar refractivity (Wildman–Crippen MR) is 46.2 cm³/mol. The molecule has 0 aliphatic heterocycles. The van der Waals surface area contributed by atoms with E-state index in [0.29, 0.717) is 12.0 Å². The third-order valence-corrected chi connectivity index (χ3v) is 2.09. The first-order valence-electron chi connectivity index (χ1n) is 4.27. The smallest absolute Gasteiger partial charge is 0.321 e. The topological polar surface area (TPSA) is 82.7 Å². The van der Waals surface area contributed by atoms with E-state index in [9.17, 15) is 4.79 Å². The third-order valence-electron chi connectivity index (χ3n) is 2.09. The largest absolute Gasteiger partial charge is 0.335 e. The number of hydrogen-bond acceptors (Lipinski definition) is 3. The van der Waals surface area contributed by atoms with E-state index in [2.05, 4.69) is 25.8 Å². The van der Waals surface area contributed by atoms with E-state index < -0.39 is 0 Å². The number of aromatic amines is 1. The van der Waals surface area contributed by atoms with Crippen molar-refractivity contribution in [3.8, 4) is 0 Å². The van der Waals surface area contributed by atoms with Gasteiger partial charge in [-0.3, -0.25) is 5.32 Å². The fourth-order valence-electron chi connectivity index (χ4n) is 1.15. The van der Waals surface area contributed by atoms with Crippen LogP contribution in [0, 0.1) is 0 Å². The minimum absolute atomic E-state index is 0.221. The molecule has 1 aromatic rings. The molecule has 13 heavy (non-hydrogen) atoms. The van der Waals surface area contributed by atoms with Crippen LogP contribution in [-0.4, -0.2) is 27.3 Å². The van der Waals surface area contributed by atoms with E-state index in [4.69, 9.17) is 0 Å². The molecule has 1 heterocycles. The molecule has 1 aliphatic rings. The lowest BCUT2D eigenvalue weighted by molar-refractivity contribution is 0.240. The summed E-state index contributed by atoms with van der Waals surface area (Å²) >= 11 is 0. The van der Waals surface area contributed by atoms with Crippen LogP contribution in [0.25, 0.3) is 0 Å². The summed E-state index contributed by atoms with van der Waals surface area (Å²) in [5.74, 6) is 0.372. The summed E-state index contributed by atoms with van der Waals surface area (Å²) in [6.45, 7) is 0. The number of nitrogens with zero attached hydrogens (tertiary/aromatic N) is 2. The van der Waals surface area contributed by atoms with Crippen LogP contribution in [0.3, 0.4) is 0 Å². The highest BCUT2D eigenvalue weighted by Gasteiger charge is 2.19. The lowest BCUT2D eigenvalue weighted by atomic mass is 9.93. The molecule has 3 N–H and O–H groups in total. The Kier molecular flexibility index (Phi) is 2.11. The number of urea groups is 1. The Morgan fingerprint density at radius 1 is 1.62 bits per heavy atom. The highest BCUT2D eigenvalue weighted by atomic mass is 16.2. The van der Waals surface area contributed by atoms with Crippen molar-refractivity contribution in [1.29, 1.82) is 0 Å². The number of carbonyl (C=O) groups is 1. The van der Waals surface area contributed by atoms with Gasteiger partial charge in [0.05, 0.1) is 0 Å². The molecule has 0 radical (unpaired) electrons. The molecule has 0 spiro atoms. The lowest BCUT2D eigenvalue weighted by Crippen LogP contribution is -2.42. The highest BCUT2D eigenvalue weighted by Crippen LogP contribution is 2.17. The van der Waals surface area contributed by atoms with Crippen molar-refractivity contribution in [3.05, 3.63) is 6.33 Å². The summed E-state index contributed by atoms with van der Waals surface area (Å²) in [6, 6.07) is 0.115. The van der Waals surface area contributed by atoms with Crippen molar-refractivity contribution < 1.29 is 4.79 Å². The summed E-state index contributed by atoms with van der Waals surface area (Å²) in [6.07, 6.45) is 4.69. The molecule has 1 aromatic heterocycles. The normalized spacial score (nSPS) is 16.3. The predicted octanol–water partition coefficient (Wildman–Crippen LogP) is 0.479. The Bertz CT molecular complexity index is 279. The zero-order valence-electron chi connectivity index (χ0n) is 7.08. The molecule has 0 aromatic carbocycles. The van der Waals surface area contributed by atoms with Gasteiger partial charge in [-0.1, -0.05) is 0 Å². The zero-order valence-corrected chi connectivity index (χ0v) is 7.08. The average molecular weight is 181 g/mol. The maximum atomic E-state index is 11.2. The summed E-state index contributed by atoms with van der Waals surface area (Å²) in [4.78, 5) is 15.0. The lowest BCUT2D eigenvalue weighted by Gasteiger charge is -2.25. The van der Waals surface area contributed by atoms with Gasteiger partial charge in [-0.05, 0) is 19.3 Å². The fraction of sp³-hybridized carbons (Fsp3) is 0.571. The summed E-state index contributed by atoms with van der Waals surface area (Å²) in [5, 5.41) is 11.5. The Morgan fingerprint density at radius 2 is 2.46 bits per heavy atom. The molecule has 2 rings (SSSR count). The molecule has 0 saturated heterocycles. The Hall–Kier alpha value is -1.59. The summed E-state index contributed by atoms with van der Waals surface area (Å²) in [7, 11) is 0. The number of aromatic nitrogens is 3. The van der Waals surface area contributed by atoms with Crippen LogP contribution in [0.1, 0.15) is 19.3 Å². The van der Waals surface area contributed by atoms with E-state index >= 15 is 0 Å². The Balaban J connectivity index is 1.78. The third kappa shape index (κ3) is 1.95. The first kappa shape index (κ1) is 8.03. The number of amides is 2. The maximum Gasteiger partial charge on any atom is 0.321 e. The molecule has 0 bridgehead atoms. The van der Waals surface area contributed by atoms with E-state index in [0.717, 1.165) is 12.8 Å². The van der Waals surface area contributed by atoms with Gasteiger partial charge in [-0.15, -0.1) is 0 Å². The van der Waals surface area contributed by atoms with Crippen molar-refractivity contribution in [1.82, 2.24) is 20.5 Å². The second kappa shape index (κ2) is 3.42. The van der Waals surface area contributed by atoms with Gasteiger partial charge in [0.25, 0.3) is 0 Å². The van der Waals surface area contributed by atoms with E-state index in [1.165, 1.54) is 12.7 Å². The van der Waals surface area contributed by atoms with Crippen LogP contribution < -0.4 is 10.6 Å². The minimum Gasteiger partial charge on any atom is -0.335 e. The monoisotopic (exact) mass is 181 g/mol. The van der Waals surface area contributed by atoms with Crippen LogP contribution in [0.15, 0.2) is 6.33 Å². The number of H-pyrrole nitrogens is 1. The molecule has 6 nitrogen and oxygen atoms in total. The molecule has 0 unspecified atom stereocenters. The standard InChI is InChI=1S/C7H11N5O/c13-7(10-5-2-1-3-5)11-6-8-4-9-12-6/h4-5H,1-3H2,(H3,8,9,10,11,12,13). The molecule has 2 amide bonds. The molecule has 70 valence electrons. The number of carbonyl (C=O) groups excluding carboxylic acids is 1. The van der Waals surface area contributed by atoms with Gasteiger partial charge in [0, 0.05) is 6.04 Å². The maximum absolute atomic E-state index is 11.2. The van der Waals surface area contributed by atoms with Gasteiger partial charge in [0.1, 0.15) is 6.33 Å². The van der Waals surface area contributed by atoms with Crippen LogP contribution in [0.2, 0.25) is 0 Å². The first-order chi connectivity index (χ1) is 6.34. The Labute approximate surface area is 75.1 Å². The quantitative estimate of drug-likeness (QED) is 0.620. The number of nitrogens with one attached hydrogen (secondary N) is 3. The molecular formula is C7H11N5O. The van der Waals surface area contributed by atoms with Crippen molar-refractivity contribution in [2.45, 2.75) is 25.3 Å². The van der Waals surface area contributed by atoms with Gasteiger partial charge in [0.15, 0.2) is 0 Å². The SMILES string of the molecule is O=C(Nc1ncn[nH]1)NC1CCC1. The summed E-state index contributed by atoms with van der Waals surface area (Å²) in [5.41, 5.74) is 0. The fourth-order valence-corrected chi connectivity index (χ4v) is 1.15. The molecular weight excluding hydrogens is 170 g/mol. The van der Waals surface area contributed by atoms with Crippen LogP contribution >= 0.6 is 0 Å². The zero-order chi connectivity index (χ0) is 9.10. The second-order valence-electron chi connectivity index (χ2n) is 3.06. The van der Waals surface area contributed by atoms with Crippen LogP contribution in [-0.2, 0) is 0 Å². The van der Waals surface area contributed by atoms with Crippen molar-refractivity contribution >= 4 is 12.0 Å². The first-order valence-corrected chi connectivity index (χ1v) is 4.27. The van der Waals surface area contributed by atoms with Gasteiger partial charge in [-0.25, -0.2) is 9.89 Å². The molecule has 1 aliphatic carbocycles.